The highest BCUT2D eigenvalue weighted by atomic mass is 16.6. The Morgan fingerprint density at radius 1 is 0.612 bits per heavy atom. The maximum absolute atomic E-state index is 13.5. The van der Waals surface area contributed by atoms with Crippen LogP contribution in [0.2, 0.25) is 0 Å². The predicted molar refractivity (Wildman–Crippen MR) is 187 cm³/mol. The molecule has 6 fully saturated rings. The topological polar surface area (TPSA) is 86.7 Å². The van der Waals surface area contributed by atoms with E-state index in [0.717, 1.165) is 64.2 Å². The van der Waals surface area contributed by atoms with Crippen LogP contribution in [-0.2, 0) is 28.7 Å². The van der Waals surface area contributed by atoms with Crippen LogP contribution in [-0.4, -0.2) is 35.7 Å². The molecule has 8 aliphatic rings. The lowest BCUT2D eigenvalue weighted by molar-refractivity contribution is -0.173. The van der Waals surface area contributed by atoms with Crippen LogP contribution >= 0.6 is 0 Å². The van der Waals surface area contributed by atoms with E-state index in [1.54, 1.807) is 0 Å². The summed E-state index contributed by atoms with van der Waals surface area (Å²) in [5, 5.41) is 0. The summed E-state index contributed by atoms with van der Waals surface area (Å²) >= 11 is 0. The van der Waals surface area contributed by atoms with Gasteiger partial charge in [-0.3, -0.25) is 19.2 Å². The lowest BCUT2D eigenvalue weighted by Gasteiger charge is -2.58. The quantitative estimate of drug-likeness (QED) is 0.220. The van der Waals surface area contributed by atoms with Crippen molar-refractivity contribution >= 4 is 23.5 Å². The van der Waals surface area contributed by atoms with Gasteiger partial charge in [0.15, 0.2) is 11.6 Å². The average Bonchev–Trinajstić information content (AvgIpc) is 3.51. The third kappa shape index (κ3) is 5.37. The monoisotopic (exact) mass is 672 g/mol. The van der Waals surface area contributed by atoms with E-state index >= 15 is 0 Å². The van der Waals surface area contributed by atoms with E-state index < -0.39 is 11.9 Å². The number of rotatable bonds is 4. The maximum atomic E-state index is 13.5. The van der Waals surface area contributed by atoms with Crippen LogP contribution < -0.4 is 0 Å². The van der Waals surface area contributed by atoms with E-state index in [1.807, 2.05) is 12.2 Å². The van der Waals surface area contributed by atoms with Gasteiger partial charge in [0.1, 0.15) is 18.6 Å². The fraction of sp³-hybridized carbons (Fsp3) is 0.814. The molecule has 0 heterocycles. The number of ketones is 2. The molecule has 6 heteroatoms. The van der Waals surface area contributed by atoms with Gasteiger partial charge in [-0.2, -0.15) is 0 Å². The van der Waals surface area contributed by atoms with Gasteiger partial charge in [-0.05, 0) is 147 Å². The van der Waals surface area contributed by atoms with E-state index in [4.69, 9.17) is 9.47 Å². The molecule has 0 aromatic rings. The Morgan fingerprint density at radius 3 is 1.43 bits per heavy atom. The number of carbonyl (C=O) groups excluding carboxylic acids is 4. The van der Waals surface area contributed by atoms with Crippen LogP contribution in [0.25, 0.3) is 0 Å². The Morgan fingerprint density at radius 2 is 1.02 bits per heavy atom. The van der Waals surface area contributed by atoms with E-state index in [1.165, 1.54) is 11.1 Å². The Labute approximate surface area is 294 Å². The molecule has 16 atom stereocenters. The molecule has 0 aliphatic heterocycles. The van der Waals surface area contributed by atoms with Gasteiger partial charge in [-0.1, -0.05) is 52.7 Å². The summed E-state index contributed by atoms with van der Waals surface area (Å²) in [5.41, 5.74) is 2.62. The molecular formula is C43H60O6. The van der Waals surface area contributed by atoms with Crippen LogP contribution in [0.5, 0.6) is 0 Å². The highest BCUT2D eigenvalue weighted by Crippen LogP contribution is 2.67. The van der Waals surface area contributed by atoms with Crippen molar-refractivity contribution in [3.05, 3.63) is 23.3 Å². The van der Waals surface area contributed by atoms with Crippen molar-refractivity contribution < 1.29 is 28.7 Å². The molecule has 0 spiro atoms. The molecule has 16 unspecified atom stereocenters. The smallest absolute Gasteiger partial charge is 0.317 e. The van der Waals surface area contributed by atoms with Crippen molar-refractivity contribution in [1.29, 1.82) is 0 Å². The number of hydrogen-bond donors (Lipinski definition) is 0. The fourth-order valence-electron chi connectivity index (χ4n) is 15.1. The SMILES string of the molecule is CC1CC2(C)C(OC(=O)CC(=O)OC3CCC4C5C(C)CC6=CC(=O)CCC6C5C(C)CC34C)CCC2C2C(C)CC3=CC(=O)CCC3C12. The van der Waals surface area contributed by atoms with Crippen molar-refractivity contribution in [2.75, 3.05) is 0 Å². The van der Waals surface area contributed by atoms with E-state index in [-0.39, 0.29) is 29.5 Å². The van der Waals surface area contributed by atoms with Crippen molar-refractivity contribution in [1.82, 2.24) is 0 Å². The second-order valence-corrected chi connectivity index (χ2v) is 19.2. The number of fused-ring (bicyclic) bond motifs is 10. The first-order valence-corrected chi connectivity index (χ1v) is 20.1. The minimum absolute atomic E-state index is 0.0849. The van der Waals surface area contributed by atoms with Gasteiger partial charge in [-0.25, -0.2) is 0 Å². The second-order valence-electron chi connectivity index (χ2n) is 19.2. The zero-order valence-electron chi connectivity index (χ0n) is 30.9. The van der Waals surface area contributed by atoms with Crippen molar-refractivity contribution in [3.63, 3.8) is 0 Å². The van der Waals surface area contributed by atoms with Gasteiger partial charge in [-0.15, -0.1) is 0 Å². The van der Waals surface area contributed by atoms with Crippen LogP contribution in [0.4, 0.5) is 0 Å². The summed E-state index contributed by atoms with van der Waals surface area (Å²) in [6.07, 6.45) is 14.6. The molecule has 0 saturated heterocycles. The van der Waals surface area contributed by atoms with Gasteiger partial charge in [0.05, 0.1) is 0 Å². The minimum atomic E-state index is -0.428. The lowest BCUT2D eigenvalue weighted by Crippen LogP contribution is -2.54. The van der Waals surface area contributed by atoms with Crippen LogP contribution in [0, 0.1) is 81.8 Å². The maximum Gasteiger partial charge on any atom is 0.317 e. The van der Waals surface area contributed by atoms with Crippen molar-refractivity contribution in [2.24, 2.45) is 81.8 Å². The third-order valence-electron chi connectivity index (χ3n) is 16.5. The molecule has 8 rings (SSSR count). The first-order valence-electron chi connectivity index (χ1n) is 20.1. The summed E-state index contributed by atoms with van der Waals surface area (Å²) in [6.45, 7) is 14.2. The van der Waals surface area contributed by atoms with E-state index in [2.05, 4.69) is 41.5 Å². The predicted octanol–water partition coefficient (Wildman–Crippen LogP) is 8.47. The van der Waals surface area contributed by atoms with E-state index in [9.17, 15) is 19.2 Å². The minimum Gasteiger partial charge on any atom is -0.461 e. The normalized spacial score (nSPS) is 50.0. The van der Waals surface area contributed by atoms with Gasteiger partial charge in [0, 0.05) is 23.7 Å². The molecule has 6 nitrogen and oxygen atoms in total. The summed E-state index contributed by atoms with van der Waals surface area (Å²) < 4.78 is 12.5. The highest BCUT2D eigenvalue weighted by Gasteiger charge is 2.63. The standard InChI is InChI=1S/C43H60O6/c1-22-15-26-17-28(44)7-9-30(26)38-24(3)20-42(5)32(40(22)38)11-13-34(42)48-36(46)19-37(47)49-35-14-12-33-41-23(2)16-27-18-29(45)8-10-31(27)39(41)25(4)21-43(33,35)6/h17-18,22-25,30-35,38-41H,7-16,19-21H2,1-6H3. The molecule has 8 aliphatic carbocycles. The Bertz CT molecular complexity index is 1370. The van der Waals surface area contributed by atoms with Crippen LogP contribution in [0.1, 0.15) is 125 Å². The first kappa shape index (κ1) is 33.9. The molecule has 0 aromatic heterocycles. The largest absolute Gasteiger partial charge is 0.461 e. The van der Waals surface area contributed by atoms with Crippen molar-refractivity contribution in [3.8, 4) is 0 Å². The summed E-state index contributed by atoms with van der Waals surface area (Å²) in [4.78, 5) is 51.4. The first-order chi connectivity index (χ1) is 23.3. The zero-order chi connectivity index (χ0) is 34.6. The molecule has 0 N–H and O–H groups in total. The number of allylic oxidation sites excluding steroid dienone is 2. The van der Waals surface area contributed by atoms with Gasteiger partial charge < -0.3 is 9.47 Å². The van der Waals surface area contributed by atoms with Crippen LogP contribution in [0.3, 0.4) is 0 Å². The Kier molecular flexibility index (Phi) is 8.42. The Hall–Kier alpha value is -2.24. The lowest BCUT2D eigenvalue weighted by atomic mass is 9.47. The zero-order valence-corrected chi connectivity index (χ0v) is 30.9. The van der Waals surface area contributed by atoms with Gasteiger partial charge >= 0.3 is 11.9 Å². The highest BCUT2D eigenvalue weighted by molar-refractivity contribution is 5.92. The number of ether oxygens (including phenoxy) is 2. The summed E-state index contributed by atoms with van der Waals surface area (Å²) in [6, 6.07) is 0. The fourth-order valence-corrected chi connectivity index (χ4v) is 15.1. The summed E-state index contributed by atoms with van der Waals surface area (Å²) in [7, 11) is 0. The second kappa shape index (κ2) is 12.2. The third-order valence-corrected chi connectivity index (χ3v) is 16.5. The molecule has 0 amide bonds. The molecule has 0 radical (unpaired) electrons. The molecule has 6 saturated carbocycles. The van der Waals surface area contributed by atoms with Gasteiger partial charge in [0.2, 0.25) is 0 Å². The molecule has 49 heavy (non-hydrogen) atoms. The summed E-state index contributed by atoms with van der Waals surface area (Å²) in [5.74, 6) is 6.22. The molecular weight excluding hydrogens is 612 g/mol. The Balaban J connectivity index is 0.909. The molecule has 0 bridgehead atoms. The van der Waals surface area contributed by atoms with Gasteiger partial charge in [0.25, 0.3) is 0 Å². The van der Waals surface area contributed by atoms with Crippen molar-refractivity contribution in [2.45, 2.75) is 137 Å². The number of esters is 2. The number of carbonyl (C=O) groups is 4. The molecule has 268 valence electrons. The number of hydrogen-bond acceptors (Lipinski definition) is 6. The van der Waals surface area contributed by atoms with E-state index in [0.29, 0.717) is 95.4 Å². The molecule has 0 aromatic carbocycles. The van der Waals surface area contributed by atoms with Crippen LogP contribution in [0.15, 0.2) is 23.3 Å². The average molecular weight is 673 g/mol.